The van der Waals surface area contributed by atoms with Crippen molar-refractivity contribution in [2.24, 2.45) is 0 Å². The van der Waals surface area contributed by atoms with E-state index in [0.29, 0.717) is 0 Å². The van der Waals surface area contributed by atoms with Crippen LogP contribution in [0.15, 0.2) is 48.7 Å². The molecule has 3 nitrogen and oxygen atoms in total. The molecule has 0 saturated heterocycles. The number of carbonyl (C=O) groups is 1. The van der Waals surface area contributed by atoms with Crippen molar-refractivity contribution in [3.05, 3.63) is 64.8 Å². The highest BCUT2D eigenvalue weighted by Gasteiger charge is 2.14. The summed E-state index contributed by atoms with van der Waals surface area (Å²) >= 11 is 6.17. The van der Waals surface area contributed by atoms with Crippen LogP contribution in [0, 0.1) is 6.92 Å². The molecule has 100 valence electrons. The number of nitrogens with zero attached hydrogens (tertiary/aromatic N) is 1. The van der Waals surface area contributed by atoms with E-state index in [9.17, 15) is 4.79 Å². The first-order valence-corrected chi connectivity index (χ1v) is 6.55. The summed E-state index contributed by atoms with van der Waals surface area (Å²) in [5.74, 6) is -1.01. The van der Waals surface area contributed by atoms with E-state index in [1.165, 1.54) is 11.6 Å². The molecule has 0 unspecified atom stereocenters. The Kier molecular flexibility index (Phi) is 2.99. The Bertz CT molecular complexity index is 803. The topological polar surface area (TPSA) is 42.2 Å². The third-order valence-corrected chi connectivity index (χ3v) is 3.76. The van der Waals surface area contributed by atoms with Gasteiger partial charge < -0.3 is 9.67 Å². The molecule has 0 aliphatic rings. The molecule has 1 N–H and O–H groups in total. The maximum atomic E-state index is 11.1. The number of carboxylic acid groups (broad SMARTS) is 1. The Morgan fingerprint density at radius 3 is 2.45 bits per heavy atom. The van der Waals surface area contributed by atoms with Gasteiger partial charge >= 0.3 is 5.97 Å². The Balaban J connectivity index is 2.22. The maximum absolute atomic E-state index is 11.1. The number of halogens is 1. The molecule has 0 atom stereocenters. The average molecular weight is 286 g/mol. The summed E-state index contributed by atoms with van der Waals surface area (Å²) < 4.78 is 1.99. The van der Waals surface area contributed by atoms with E-state index < -0.39 is 5.97 Å². The van der Waals surface area contributed by atoms with E-state index in [1.54, 1.807) is 6.07 Å². The van der Waals surface area contributed by atoms with Gasteiger partial charge in [-0.15, -0.1) is 0 Å². The van der Waals surface area contributed by atoms with Crippen molar-refractivity contribution in [1.82, 2.24) is 4.57 Å². The van der Waals surface area contributed by atoms with E-state index in [-0.39, 0.29) is 10.6 Å². The van der Waals surface area contributed by atoms with Gasteiger partial charge in [0.1, 0.15) is 0 Å². The summed E-state index contributed by atoms with van der Waals surface area (Å²) in [6, 6.07) is 13.3. The number of carboxylic acids is 1. The van der Waals surface area contributed by atoms with Crippen LogP contribution >= 0.6 is 11.6 Å². The van der Waals surface area contributed by atoms with Crippen LogP contribution in [0.4, 0.5) is 0 Å². The van der Waals surface area contributed by atoms with Gasteiger partial charge in [-0.3, -0.25) is 0 Å². The van der Waals surface area contributed by atoms with E-state index in [4.69, 9.17) is 16.7 Å². The number of aryl methyl sites for hydroxylation is 1. The largest absolute Gasteiger partial charge is 0.478 e. The molecule has 0 aliphatic heterocycles. The molecule has 2 aromatic carbocycles. The minimum Gasteiger partial charge on any atom is -0.478 e. The van der Waals surface area contributed by atoms with Gasteiger partial charge in [-0.05, 0) is 37.3 Å². The molecule has 0 spiro atoms. The van der Waals surface area contributed by atoms with Crippen molar-refractivity contribution in [3.63, 3.8) is 0 Å². The van der Waals surface area contributed by atoms with Crippen molar-refractivity contribution in [2.45, 2.75) is 6.92 Å². The quantitative estimate of drug-likeness (QED) is 0.763. The van der Waals surface area contributed by atoms with Crippen LogP contribution in [-0.4, -0.2) is 15.6 Å². The molecule has 0 fully saturated rings. The minimum atomic E-state index is -1.01. The van der Waals surface area contributed by atoms with Gasteiger partial charge in [0, 0.05) is 17.3 Å². The van der Waals surface area contributed by atoms with Crippen LogP contribution in [0.3, 0.4) is 0 Å². The smallest absolute Gasteiger partial charge is 0.337 e. The van der Waals surface area contributed by atoms with Gasteiger partial charge in [0.25, 0.3) is 0 Å². The second-order valence-electron chi connectivity index (χ2n) is 4.69. The zero-order valence-corrected chi connectivity index (χ0v) is 11.6. The van der Waals surface area contributed by atoms with E-state index in [1.807, 2.05) is 48.0 Å². The van der Waals surface area contributed by atoms with Gasteiger partial charge in [-0.1, -0.05) is 29.3 Å². The lowest BCUT2D eigenvalue weighted by atomic mass is 10.1. The lowest BCUT2D eigenvalue weighted by Gasteiger charge is -2.07. The summed E-state index contributed by atoms with van der Waals surface area (Å²) in [4.78, 5) is 11.1. The number of aromatic nitrogens is 1. The standard InChI is InChI=1S/C16H12ClNO2/c1-10-2-4-11(5-3-10)18-9-8-12-14(18)7-6-13(15(12)17)16(19)20/h2-9H,1H3,(H,19,20). The van der Waals surface area contributed by atoms with Crippen molar-refractivity contribution >= 4 is 28.5 Å². The third kappa shape index (κ3) is 1.96. The highest BCUT2D eigenvalue weighted by atomic mass is 35.5. The fourth-order valence-electron chi connectivity index (χ4n) is 2.28. The Hall–Kier alpha value is -2.26. The molecular weight excluding hydrogens is 274 g/mol. The SMILES string of the molecule is Cc1ccc(-n2ccc3c(Cl)c(C(=O)O)ccc32)cc1. The lowest BCUT2D eigenvalue weighted by molar-refractivity contribution is 0.0697. The first-order chi connectivity index (χ1) is 9.58. The number of rotatable bonds is 2. The second kappa shape index (κ2) is 4.69. The number of aromatic carboxylic acids is 1. The number of fused-ring (bicyclic) bond motifs is 1. The van der Waals surface area contributed by atoms with Crippen molar-refractivity contribution in [2.75, 3.05) is 0 Å². The van der Waals surface area contributed by atoms with Crippen molar-refractivity contribution in [1.29, 1.82) is 0 Å². The van der Waals surface area contributed by atoms with Gasteiger partial charge in [0.2, 0.25) is 0 Å². The molecule has 20 heavy (non-hydrogen) atoms. The summed E-state index contributed by atoms with van der Waals surface area (Å²) in [5.41, 5.74) is 3.23. The van der Waals surface area contributed by atoms with Crippen LogP contribution in [0.5, 0.6) is 0 Å². The molecule has 0 aliphatic carbocycles. The lowest BCUT2D eigenvalue weighted by Crippen LogP contribution is -1.98. The normalized spacial score (nSPS) is 10.9. The van der Waals surface area contributed by atoms with Gasteiger partial charge in [-0.25, -0.2) is 4.79 Å². The summed E-state index contributed by atoms with van der Waals surface area (Å²) in [6.45, 7) is 2.04. The number of hydrogen-bond donors (Lipinski definition) is 1. The fourth-order valence-corrected chi connectivity index (χ4v) is 2.58. The van der Waals surface area contributed by atoms with Crippen LogP contribution in [0.1, 0.15) is 15.9 Å². The summed E-state index contributed by atoms with van der Waals surface area (Å²) in [5, 5.41) is 10.1. The maximum Gasteiger partial charge on any atom is 0.337 e. The Morgan fingerprint density at radius 2 is 1.80 bits per heavy atom. The molecule has 0 radical (unpaired) electrons. The Labute approximate surface area is 121 Å². The van der Waals surface area contributed by atoms with Crippen molar-refractivity contribution in [3.8, 4) is 5.69 Å². The number of hydrogen-bond acceptors (Lipinski definition) is 1. The zero-order chi connectivity index (χ0) is 14.3. The summed E-state index contributed by atoms with van der Waals surface area (Å²) in [7, 11) is 0. The number of benzene rings is 2. The predicted molar refractivity (Wildman–Crippen MR) is 80.0 cm³/mol. The predicted octanol–water partition coefficient (Wildman–Crippen LogP) is 4.29. The van der Waals surface area contributed by atoms with Gasteiger partial charge in [-0.2, -0.15) is 0 Å². The molecule has 0 amide bonds. The van der Waals surface area contributed by atoms with Crippen LogP contribution < -0.4 is 0 Å². The minimum absolute atomic E-state index is 0.126. The summed E-state index contributed by atoms with van der Waals surface area (Å²) in [6.07, 6.45) is 1.90. The van der Waals surface area contributed by atoms with E-state index >= 15 is 0 Å². The molecule has 3 aromatic rings. The highest BCUT2D eigenvalue weighted by Crippen LogP contribution is 2.30. The molecule has 4 heteroatoms. The van der Waals surface area contributed by atoms with E-state index in [2.05, 4.69) is 0 Å². The molecular formula is C16H12ClNO2. The average Bonchev–Trinajstić information content (AvgIpc) is 2.84. The molecule has 3 rings (SSSR count). The van der Waals surface area contributed by atoms with Crippen molar-refractivity contribution < 1.29 is 9.90 Å². The fraction of sp³-hybridized carbons (Fsp3) is 0.0625. The first kappa shape index (κ1) is 12.8. The highest BCUT2D eigenvalue weighted by molar-refractivity contribution is 6.38. The second-order valence-corrected chi connectivity index (χ2v) is 5.06. The van der Waals surface area contributed by atoms with Gasteiger partial charge in [0.05, 0.1) is 16.1 Å². The van der Waals surface area contributed by atoms with Crippen LogP contribution in [0.2, 0.25) is 5.02 Å². The van der Waals surface area contributed by atoms with Crippen LogP contribution in [-0.2, 0) is 0 Å². The molecule has 0 bridgehead atoms. The first-order valence-electron chi connectivity index (χ1n) is 6.18. The monoisotopic (exact) mass is 285 g/mol. The van der Waals surface area contributed by atoms with Crippen LogP contribution in [0.25, 0.3) is 16.6 Å². The Morgan fingerprint density at radius 1 is 1.10 bits per heavy atom. The van der Waals surface area contributed by atoms with Gasteiger partial charge in [0.15, 0.2) is 0 Å². The molecule has 0 saturated carbocycles. The molecule has 1 heterocycles. The molecule has 1 aromatic heterocycles. The zero-order valence-electron chi connectivity index (χ0n) is 10.8. The van der Waals surface area contributed by atoms with E-state index in [0.717, 1.165) is 16.6 Å². The third-order valence-electron chi connectivity index (χ3n) is 3.35.